The zero-order chi connectivity index (χ0) is 17.9. The van der Waals surface area contributed by atoms with E-state index < -0.39 is 10.0 Å². The molecule has 0 aliphatic carbocycles. The van der Waals surface area contributed by atoms with Crippen LogP contribution >= 0.6 is 0 Å². The minimum Gasteiger partial charge on any atom is -0.269 e. The predicted molar refractivity (Wildman–Crippen MR) is 102 cm³/mol. The van der Waals surface area contributed by atoms with Crippen molar-refractivity contribution in [2.24, 2.45) is 0 Å². The van der Waals surface area contributed by atoms with Crippen LogP contribution in [-0.2, 0) is 16.6 Å². The van der Waals surface area contributed by atoms with E-state index in [1.165, 1.54) is 9.87 Å². The van der Waals surface area contributed by atoms with Gasteiger partial charge in [0.15, 0.2) is 0 Å². The van der Waals surface area contributed by atoms with Crippen molar-refractivity contribution in [2.45, 2.75) is 51.0 Å². The van der Waals surface area contributed by atoms with E-state index in [9.17, 15) is 8.42 Å². The predicted octanol–water partition coefficient (Wildman–Crippen LogP) is 5.12. The van der Waals surface area contributed by atoms with Crippen molar-refractivity contribution in [3.05, 3.63) is 71.4 Å². The summed E-state index contributed by atoms with van der Waals surface area (Å²) in [6.07, 6.45) is 6.14. The van der Waals surface area contributed by atoms with Gasteiger partial charge in [-0.2, -0.15) is 0 Å². The molecule has 0 spiro atoms. The second kappa shape index (κ2) is 7.44. The summed E-state index contributed by atoms with van der Waals surface area (Å²) >= 11 is 0. The molecule has 25 heavy (non-hydrogen) atoms. The molecule has 0 saturated carbocycles. The number of allylic oxidation sites excluding steroid dienone is 1. The van der Waals surface area contributed by atoms with Gasteiger partial charge in [-0.25, -0.2) is 8.42 Å². The Morgan fingerprint density at radius 3 is 2.44 bits per heavy atom. The third-order valence-electron chi connectivity index (χ3n) is 4.67. The normalized spacial score (nSPS) is 14.2. The van der Waals surface area contributed by atoms with E-state index in [0.717, 1.165) is 42.4 Å². The highest BCUT2D eigenvalue weighted by atomic mass is 32.2. The van der Waals surface area contributed by atoms with E-state index in [4.69, 9.17) is 0 Å². The van der Waals surface area contributed by atoms with Crippen LogP contribution in [0.25, 0.3) is 5.57 Å². The van der Waals surface area contributed by atoms with Crippen molar-refractivity contribution in [2.75, 3.05) is 0 Å². The first-order chi connectivity index (χ1) is 12.0. The maximum absolute atomic E-state index is 13.1. The van der Waals surface area contributed by atoms with Gasteiger partial charge in [0.25, 0.3) is 10.0 Å². The molecule has 2 aromatic rings. The van der Waals surface area contributed by atoms with Gasteiger partial charge in [-0.3, -0.25) is 4.31 Å². The monoisotopic (exact) mass is 355 g/mol. The maximum atomic E-state index is 13.1. The summed E-state index contributed by atoms with van der Waals surface area (Å²) in [5.74, 6) is 0. The molecule has 0 atom stereocenters. The largest absolute Gasteiger partial charge is 0.269 e. The molecule has 3 nitrogen and oxygen atoms in total. The third kappa shape index (κ3) is 3.79. The highest BCUT2D eigenvalue weighted by Crippen LogP contribution is 2.33. The van der Waals surface area contributed by atoms with Crippen molar-refractivity contribution in [1.82, 2.24) is 4.31 Å². The van der Waals surface area contributed by atoms with Crippen molar-refractivity contribution in [3.63, 3.8) is 0 Å². The van der Waals surface area contributed by atoms with Gasteiger partial charge in [-0.05, 0) is 48.6 Å². The summed E-state index contributed by atoms with van der Waals surface area (Å²) in [6.45, 7) is 4.53. The Hall–Kier alpha value is -2.07. The first-order valence-corrected chi connectivity index (χ1v) is 10.3. The Balaban J connectivity index is 1.96. The third-order valence-corrected chi connectivity index (χ3v) is 6.39. The van der Waals surface area contributed by atoms with Crippen LogP contribution in [0.5, 0.6) is 0 Å². The molecule has 132 valence electrons. The second-order valence-corrected chi connectivity index (χ2v) is 8.52. The van der Waals surface area contributed by atoms with Crippen LogP contribution in [0, 0.1) is 6.92 Å². The molecule has 0 fully saturated rings. The van der Waals surface area contributed by atoms with Crippen LogP contribution < -0.4 is 0 Å². The fraction of sp³-hybridized carbons (Fsp3) is 0.333. The summed E-state index contributed by atoms with van der Waals surface area (Å²) in [7, 11) is -3.53. The molecule has 4 heteroatoms. The van der Waals surface area contributed by atoms with E-state index in [0.29, 0.717) is 11.4 Å². The van der Waals surface area contributed by atoms with Gasteiger partial charge in [0.05, 0.1) is 11.4 Å². The molecule has 1 aliphatic heterocycles. The molecule has 1 heterocycles. The fourth-order valence-electron chi connectivity index (χ4n) is 3.19. The average Bonchev–Trinajstić information content (AvgIpc) is 2.62. The number of hydrogen-bond acceptors (Lipinski definition) is 2. The molecule has 2 aromatic carbocycles. The lowest BCUT2D eigenvalue weighted by Gasteiger charge is -2.28. The lowest BCUT2D eigenvalue weighted by molar-refractivity contribution is 0.490. The quantitative estimate of drug-likeness (QED) is 0.674. The Bertz CT molecular complexity index is 867. The van der Waals surface area contributed by atoms with Crippen LogP contribution in [-0.4, -0.2) is 12.7 Å². The number of aryl methyl sites for hydroxylation is 1. The summed E-state index contributed by atoms with van der Waals surface area (Å²) in [4.78, 5) is 0.349. The molecule has 3 rings (SSSR count). The number of unbranched alkanes of at least 4 members (excludes halogenated alkanes) is 2. The highest BCUT2D eigenvalue weighted by Gasteiger charge is 2.27. The Morgan fingerprint density at radius 2 is 1.72 bits per heavy atom. The smallest absolute Gasteiger partial charge is 0.264 e. The van der Waals surface area contributed by atoms with Gasteiger partial charge < -0.3 is 0 Å². The van der Waals surface area contributed by atoms with Gasteiger partial charge in [0.2, 0.25) is 0 Å². The Kier molecular flexibility index (Phi) is 5.28. The summed E-state index contributed by atoms with van der Waals surface area (Å²) < 4.78 is 27.6. The average molecular weight is 356 g/mol. The summed E-state index contributed by atoms with van der Waals surface area (Å²) in [6, 6.07) is 15.2. The van der Waals surface area contributed by atoms with Crippen LogP contribution in [0.1, 0.15) is 49.3 Å². The fourth-order valence-corrected chi connectivity index (χ4v) is 4.52. The molecule has 0 radical (unpaired) electrons. The standard InChI is InChI=1S/C21H25NO2S/c1-3-4-5-8-18-15-22(16-19-9-6-7-10-21(18)19)25(23,24)20-13-11-17(2)12-14-20/h6-7,9-15H,3-5,8,16H2,1-2H3. The van der Waals surface area contributed by atoms with E-state index >= 15 is 0 Å². The van der Waals surface area contributed by atoms with Crippen LogP contribution in [0.2, 0.25) is 0 Å². The van der Waals surface area contributed by atoms with Gasteiger partial charge in [-0.1, -0.05) is 61.7 Å². The number of benzene rings is 2. The van der Waals surface area contributed by atoms with E-state index in [1.54, 1.807) is 12.1 Å². The van der Waals surface area contributed by atoms with Gasteiger partial charge in [0.1, 0.15) is 0 Å². The van der Waals surface area contributed by atoms with Gasteiger partial charge in [0, 0.05) is 6.20 Å². The van der Waals surface area contributed by atoms with E-state index in [1.807, 2.05) is 43.5 Å². The zero-order valence-electron chi connectivity index (χ0n) is 14.9. The lowest BCUT2D eigenvalue weighted by Crippen LogP contribution is -2.28. The van der Waals surface area contributed by atoms with E-state index in [-0.39, 0.29) is 0 Å². The van der Waals surface area contributed by atoms with Gasteiger partial charge >= 0.3 is 0 Å². The van der Waals surface area contributed by atoms with Crippen molar-refractivity contribution >= 4 is 15.6 Å². The number of nitrogens with zero attached hydrogens (tertiary/aromatic N) is 1. The molecule has 0 amide bonds. The van der Waals surface area contributed by atoms with Crippen molar-refractivity contribution < 1.29 is 8.42 Å². The van der Waals surface area contributed by atoms with Crippen LogP contribution in [0.3, 0.4) is 0 Å². The van der Waals surface area contributed by atoms with Gasteiger partial charge in [-0.15, -0.1) is 0 Å². The highest BCUT2D eigenvalue weighted by molar-refractivity contribution is 7.89. The lowest BCUT2D eigenvalue weighted by atomic mass is 9.94. The molecule has 0 unspecified atom stereocenters. The molecule has 0 saturated heterocycles. The van der Waals surface area contributed by atoms with E-state index in [2.05, 4.69) is 13.0 Å². The first-order valence-electron chi connectivity index (χ1n) is 8.90. The molecule has 0 N–H and O–H groups in total. The van der Waals surface area contributed by atoms with Crippen LogP contribution in [0.15, 0.2) is 59.6 Å². The van der Waals surface area contributed by atoms with Crippen molar-refractivity contribution in [3.8, 4) is 0 Å². The summed E-state index contributed by atoms with van der Waals surface area (Å²) in [5, 5.41) is 0. The van der Waals surface area contributed by atoms with Crippen molar-refractivity contribution in [1.29, 1.82) is 0 Å². The Morgan fingerprint density at radius 1 is 1.00 bits per heavy atom. The molecular weight excluding hydrogens is 330 g/mol. The number of hydrogen-bond donors (Lipinski definition) is 0. The Labute approximate surface area is 151 Å². The SMILES string of the molecule is CCCCCC1=CN(S(=O)(=O)c2ccc(C)cc2)Cc2ccccc21. The molecule has 1 aliphatic rings. The first kappa shape index (κ1) is 17.7. The second-order valence-electron chi connectivity index (χ2n) is 6.63. The maximum Gasteiger partial charge on any atom is 0.264 e. The minimum atomic E-state index is -3.53. The molecule has 0 bridgehead atoms. The topological polar surface area (TPSA) is 37.4 Å². The number of sulfonamides is 1. The zero-order valence-corrected chi connectivity index (χ0v) is 15.7. The summed E-state index contributed by atoms with van der Waals surface area (Å²) in [5.41, 5.74) is 4.44. The van der Waals surface area contributed by atoms with Crippen LogP contribution in [0.4, 0.5) is 0 Å². The minimum absolute atomic E-state index is 0.349. The number of fused-ring (bicyclic) bond motifs is 1. The molecule has 0 aromatic heterocycles. The molecular formula is C21H25NO2S. The number of rotatable bonds is 6.